The normalized spacial score (nSPS) is 11.0. The van der Waals surface area contributed by atoms with E-state index in [9.17, 15) is 13.2 Å². The summed E-state index contributed by atoms with van der Waals surface area (Å²) in [6.07, 6.45) is 0. The third-order valence-corrected chi connectivity index (χ3v) is 3.54. The lowest BCUT2D eigenvalue weighted by molar-refractivity contribution is 0.197. The molecule has 1 rings (SSSR count). The van der Waals surface area contributed by atoms with Crippen molar-refractivity contribution in [3.05, 3.63) is 28.7 Å². The van der Waals surface area contributed by atoms with Crippen LogP contribution >= 0.6 is 15.9 Å². The Labute approximate surface area is 89.9 Å². The molecule has 0 saturated heterocycles. The van der Waals surface area contributed by atoms with Crippen molar-refractivity contribution in [1.29, 1.82) is 0 Å². The summed E-state index contributed by atoms with van der Waals surface area (Å²) in [5, 5.41) is -1.25. The molecule has 0 heterocycles. The largest absolute Gasteiger partial charge is 0.457 e. The minimum Gasteiger partial charge on any atom is -0.457 e. The van der Waals surface area contributed by atoms with Crippen LogP contribution in [0.5, 0.6) is 0 Å². The third kappa shape index (κ3) is 2.13. The Balaban J connectivity index is 3.18. The molecule has 0 N–H and O–H groups in total. The lowest BCUT2D eigenvalue weighted by Gasteiger charge is -2.01. The van der Waals surface area contributed by atoms with Crippen LogP contribution < -0.4 is 0 Å². The van der Waals surface area contributed by atoms with Gasteiger partial charge in [0, 0.05) is 4.47 Å². The van der Waals surface area contributed by atoms with Gasteiger partial charge in [-0.15, -0.1) is 0 Å². The lowest BCUT2D eigenvalue weighted by atomic mass is 10.4. The zero-order chi connectivity index (χ0) is 10.8. The van der Waals surface area contributed by atoms with E-state index >= 15 is 0 Å². The molecule has 0 unspecified atom stereocenters. The summed E-state index contributed by atoms with van der Waals surface area (Å²) < 4.78 is 27.7. The first-order valence-corrected chi connectivity index (χ1v) is 5.84. The summed E-state index contributed by atoms with van der Waals surface area (Å²) in [4.78, 5) is 10.8. The van der Waals surface area contributed by atoms with Crippen LogP contribution in [0.3, 0.4) is 0 Å². The van der Waals surface area contributed by atoms with Gasteiger partial charge < -0.3 is 4.74 Å². The van der Waals surface area contributed by atoms with Gasteiger partial charge in [-0.25, -0.2) is 13.2 Å². The van der Waals surface area contributed by atoms with Gasteiger partial charge in [-0.3, -0.25) is 0 Å². The summed E-state index contributed by atoms with van der Waals surface area (Å²) in [7, 11) is -2.96. The topological polar surface area (TPSA) is 60.4 Å². The molecule has 14 heavy (non-hydrogen) atoms. The molecule has 4 nitrogen and oxygen atoms in total. The first kappa shape index (κ1) is 11.2. The molecule has 0 fully saturated rings. The fourth-order valence-corrected chi connectivity index (χ4v) is 1.99. The van der Waals surface area contributed by atoms with E-state index in [0.717, 1.165) is 11.6 Å². The van der Waals surface area contributed by atoms with Crippen LogP contribution in [-0.2, 0) is 14.6 Å². The molecule has 76 valence electrons. The van der Waals surface area contributed by atoms with Gasteiger partial charge >= 0.3 is 5.30 Å². The predicted octanol–water partition coefficient (Wildman–Crippen LogP) is 1.99. The quantitative estimate of drug-likeness (QED) is 0.737. The minimum absolute atomic E-state index is 0.0763. The average molecular weight is 279 g/mol. The molecule has 0 amide bonds. The van der Waals surface area contributed by atoms with Crippen molar-refractivity contribution in [2.45, 2.75) is 4.90 Å². The van der Waals surface area contributed by atoms with E-state index in [1.165, 1.54) is 24.3 Å². The number of sulfone groups is 1. The Morgan fingerprint density at radius 2 is 1.79 bits per heavy atom. The number of ether oxygens (including phenoxy) is 1. The van der Waals surface area contributed by atoms with E-state index in [-0.39, 0.29) is 4.90 Å². The second-order valence-corrected chi connectivity index (χ2v) is 5.14. The minimum atomic E-state index is -3.99. The number of rotatable bonds is 1. The molecule has 0 atom stereocenters. The smallest absolute Gasteiger partial charge is 0.429 e. The number of carbonyl (C=O) groups is 1. The number of hydrogen-bond acceptors (Lipinski definition) is 4. The summed E-state index contributed by atoms with van der Waals surface area (Å²) in [5.74, 6) is 0. The highest BCUT2D eigenvalue weighted by atomic mass is 79.9. The van der Waals surface area contributed by atoms with Crippen molar-refractivity contribution in [3.63, 3.8) is 0 Å². The predicted molar refractivity (Wildman–Crippen MR) is 53.7 cm³/mol. The van der Waals surface area contributed by atoms with Crippen LogP contribution in [0.2, 0.25) is 0 Å². The van der Waals surface area contributed by atoms with Crippen LogP contribution in [-0.4, -0.2) is 20.8 Å². The maximum atomic E-state index is 11.4. The van der Waals surface area contributed by atoms with Crippen molar-refractivity contribution in [1.82, 2.24) is 0 Å². The number of methoxy groups -OCH3 is 1. The van der Waals surface area contributed by atoms with Gasteiger partial charge in [-0.05, 0) is 24.3 Å². The Kier molecular flexibility index (Phi) is 3.28. The molecule has 0 radical (unpaired) electrons. The molecule has 0 spiro atoms. The van der Waals surface area contributed by atoms with E-state index in [0.29, 0.717) is 0 Å². The molecular weight excluding hydrogens is 272 g/mol. The van der Waals surface area contributed by atoms with Crippen LogP contribution in [0.15, 0.2) is 33.6 Å². The van der Waals surface area contributed by atoms with E-state index in [2.05, 4.69) is 20.7 Å². The second-order valence-electron chi connectivity index (χ2n) is 2.41. The van der Waals surface area contributed by atoms with Crippen molar-refractivity contribution in [2.75, 3.05) is 7.11 Å². The fraction of sp³-hybridized carbons (Fsp3) is 0.125. The van der Waals surface area contributed by atoms with Crippen LogP contribution in [0.25, 0.3) is 0 Å². The zero-order valence-corrected chi connectivity index (χ0v) is 9.63. The molecule has 0 bridgehead atoms. The standard InChI is InChI=1S/C8H7BrO4S/c1-13-8(10)14(11,12)7-4-2-6(9)3-5-7/h2-5H,1H3. The van der Waals surface area contributed by atoms with E-state index < -0.39 is 15.1 Å². The zero-order valence-electron chi connectivity index (χ0n) is 7.23. The molecule has 6 heteroatoms. The molecule has 0 aliphatic rings. The van der Waals surface area contributed by atoms with E-state index in [1.807, 2.05) is 0 Å². The second kappa shape index (κ2) is 4.10. The summed E-state index contributed by atoms with van der Waals surface area (Å²) in [6, 6.07) is 5.73. The first-order chi connectivity index (χ1) is 6.48. The van der Waals surface area contributed by atoms with Gasteiger partial charge in [0.1, 0.15) is 0 Å². The number of benzene rings is 1. The molecule has 0 aliphatic heterocycles. The number of halogens is 1. The highest BCUT2D eigenvalue weighted by Crippen LogP contribution is 2.16. The van der Waals surface area contributed by atoms with Gasteiger partial charge in [0.15, 0.2) is 0 Å². The van der Waals surface area contributed by atoms with E-state index in [1.54, 1.807) is 0 Å². The SMILES string of the molecule is COC(=O)S(=O)(=O)c1ccc(Br)cc1. The maximum absolute atomic E-state index is 11.4. The maximum Gasteiger partial charge on any atom is 0.429 e. The van der Waals surface area contributed by atoms with E-state index in [4.69, 9.17) is 0 Å². The Bertz CT molecular complexity index is 435. The van der Waals surface area contributed by atoms with Gasteiger partial charge in [-0.1, -0.05) is 15.9 Å². The van der Waals surface area contributed by atoms with Crippen molar-refractivity contribution in [3.8, 4) is 0 Å². The molecule has 0 aromatic heterocycles. The Morgan fingerprint density at radius 3 is 2.21 bits per heavy atom. The van der Waals surface area contributed by atoms with Crippen molar-refractivity contribution < 1.29 is 17.9 Å². The van der Waals surface area contributed by atoms with Crippen LogP contribution in [0, 0.1) is 0 Å². The molecule has 1 aromatic carbocycles. The van der Waals surface area contributed by atoms with Gasteiger partial charge in [0.25, 0.3) is 9.84 Å². The average Bonchev–Trinajstić information content (AvgIpc) is 2.17. The highest BCUT2D eigenvalue weighted by molar-refractivity contribution is 9.10. The summed E-state index contributed by atoms with van der Waals surface area (Å²) in [6.45, 7) is 0. The monoisotopic (exact) mass is 278 g/mol. The first-order valence-electron chi connectivity index (χ1n) is 3.57. The molecular formula is C8H7BrO4S. The van der Waals surface area contributed by atoms with Gasteiger partial charge in [-0.2, -0.15) is 0 Å². The summed E-state index contributed by atoms with van der Waals surface area (Å²) >= 11 is 3.16. The van der Waals surface area contributed by atoms with Crippen LogP contribution in [0.1, 0.15) is 0 Å². The summed E-state index contributed by atoms with van der Waals surface area (Å²) in [5.41, 5.74) is 0. The molecule has 0 saturated carbocycles. The Hall–Kier alpha value is -0.880. The molecule has 1 aromatic rings. The Morgan fingerprint density at radius 1 is 1.29 bits per heavy atom. The van der Waals surface area contributed by atoms with Crippen molar-refractivity contribution in [2.24, 2.45) is 0 Å². The fourth-order valence-electron chi connectivity index (χ4n) is 0.820. The van der Waals surface area contributed by atoms with Gasteiger partial charge in [0.2, 0.25) is 0 Å². The number of hydrogen-bond donors (Lipinski definition) is 0. The lowest BCUT2D eigenvalue weighted by Crippen LogP contribution is -2.14. The van der Waals surface area contributed by atoms with Gasteiger partial charge in [0.05, 0.1) is 12.0 Å². The van der Waals surface area contributed by atoms with Crippen molar-refractivity contribution >= 4 is 31.1 Å². The molecule has 0 aliphatic carbocycles. The third-order valence-electron chi connectivity index (χ3n) is 1.51. The number of carbonyl (C=O) groups excluding carboxylic acids is 1. The highest BCUT2D eigenvalue weighted by Gasteiger charge is 2.25. The van der Waals surface area contributed by atoms with Crippen LogP contribution in [0.4, 0.5) is 4.79 Å².